The first kappa shape index (κ1) is 11.6. The Morgan fingerprint density at radius 3 is 2.83 bits per heavy atom. The Kier molecular flexibility index (Phi) is 2.98. The number of aromatic nitrogens is 1. The van der Waals surface area contributed by atoms with E-state index in [0.717, 1.165) is 21.2 Å². The van der Waals surface area contributed by atoms with E-state index in [1.165, 1.54) is 11.3 Å². The fourth-order valence-corrected chi connectivity index (χ4v) is 4.58. The van der Waals surface area contributed by atoms with Crippen LogP contribution >= 0.6 is 23.1 Å². The van der Waals surface area contributed by atoms with Crippen molar-refractivity contribution in [2.24, 2.45) is 5.92 Å². The van der Waals surface area contributed by atoms with Gasteiger partial charge in [-0.3, -0.25) is 4.79 Å². The maximum Gasteiger partial charge on any atom is 0.305 e. The van der Waals surface area contributed by atoms with Crippen molar-refractivity contribution in [3.8, 4) is 6.07 Å². The van der Waals surface area contributed by atoms with Gasteiger partial charge in [0.1, 0.15) is 0 Å². The summed E-state index contributed by atoms with van der Waals surface area (Å²) in [4.78, 5) is 15.3. The molecule has 1 aliphatic rings. The van der Waals surface area contributed by atoms with Gasteiger partial charge in [-0.15, -0.1) is 11.8 Å². The highest BCUT2D eigenvalue weighted by molar-refractivity contribution is 7.99. The molecule has 0 saturated carbocycles. The van der Waals surface area contributed by atoms with Crippen molar-refractivity contribution in [3.63, 3.8) is 0 Å². The van der Waals surface area contributed by atoms with Crippen LogP contribution < -0.4 is 4.87 Å². The summed E-state index contributed by atoms with van der Waals surface area (Å²) < 4.78 is 0. The van der Waals surface area contributed by atoms with E-state index < -0.39 is 0 Å². The lowest BCUT2D eigenvalue weighted by Crippen LogP contribution is -2.18. The number of hydrogen-bond donors (Lipinski definition) is 1. The number of thioether (sulfide) groups is 1. The van der Waals surface area contributed by atoms with Gasteiger partial charge < -0.3 is 4.98 Å². The number of aromatic amines is 1. The first-order chi connectivity index (χ1) is 8.79. The smallest absolute Gasteiger partial charge is 0.305 e. The Balaban J connectivity index is 2.15. The number of rotatable bonds is 1. The van der Waals surface area contributed by atoms with Crippen molar-refractivity contribution in [1.82, 2.24) is 4.98 Å². The van der Waals surface area contributed by atoms with Crippen LogP contribution in [-0.2, 0) is 0 Å². The van der Waals surface area contributed by atoms with Crippen LogP contribution in [0.1, 0.15) is 16.4 Å². The van der Waals surface area contributed by atoms with E-state index in [9.17, 15) is 10.1 Å². The molecule has 1 aromatic heterocycles. The molecule has 0 aliphatic carbocycles. The summed E-state index contributed by atoms with van der Waals surface area (Å²) in [5.41, 5.74) is 1.11. The normalized spacial score (nSPS) is 22.2. The second-order valence-electron chi connectivity index (χ2n) is 4.14. The monoisotopic (exact) mass is 274 g/mol. The number of fused-ring (bicyclic) bond motifs is 1. The molecule has 2 atom stereocenters. The van der Waals surface area contributed by atoms with Gasteiger partial charge in [-0.2, -0.15) is 5.26 Å². The molecule has 0 fully saturated rings. The van der Waals surface area contributed by atoms with Crippen LogP contribution in [0, 0.1) is 17.2 Å². The van der Waals surface area contributed by atoms with Gasteiger partial charge in [0.25, 0.3) is 0 Å². The lowest BCUT2D eigenvalue weighted by Gasteiger charge is -2.26. The molecule has 0 bridgehead atoms. The summed E-state index contributed by atoms with van der Waals surface area (Å²) >= 11 is 2.80. The maximum absolute atomic E-state index is 11.5. The van der Waals surface area contributed by atoms with Gasteiger partial charge in [-0.05, 0) is 5.56 Å². The van der Waals surface area contributed by atoms with Gasteiger partial charge in [0.05, 0.1) is 17.0 Å². The molecule has 5 heteroatoms. The minimum absolute atomic E-state index is 0.0244. The Hall–Kier alpha value is -1.51. The molecule has 0 spiro atoms. The highest BCUT2D eigenvalue weighted by atomic mass is 32.2. The van der Waals surface area contributed by atoms with Crippen molar-refractivity contribution in [1.29, 1.82) is 5.26 Å². The molecule has 0 radical (unpaired) electrons. The molecule has 2 aromatic rings. The van der Waals surface area contributed by atoms with Crippen LogP contribution in [0.4, 0.5) is 0 Å². The molecule has 1 aromatic carbocycles. The molecule has 3 rings (SSSR count). The van der Waals surface area contributed by atoms with E-state index >= 15 is 0 Å². The predicted molar refractivity (Wildman–Crippen MR) is 73.1 cm³/mol. The van der Waals surface area contributed by atoms with Crippen LogP contribution in [0.3, 0.4) is 0 Å². The predicted octanol–water partition coefficient (Wildman–Crippen LogP) is 2.81. The number of hydrogen-bond acceptors (Lipinski definition) is 4. The van der Waals surface area contributed by atoms with Gasteiger partial charge in [0.15, 0.2) is 0 Å². The third kappa shape index (κ3) is 1.88. The molecule has 2 heterocycles. The van der Waals surface area contributed by atoms with Gasteiger partial charge in [-0.1, -0.05) is 41.7 Å². The standard InChI is InChI=1S/C13H10N2OS2/c14-6-9-7-17-12-11(18-13(16)15-12)10(9)8-4-2-1-3-5-8/h1-5,9-10H,7H2,(H,15,16)/t9-,10-/m1/s1. The van der Waals surface area contributed by atoms with E-state index in [2.05, 4.69) is 11.1 Å². The van der Waals surface area contributed by atoms with Gasteiger partial charge in [0, 0.05) is 16.5 Å². The van der Waals surface area contributed by atoms with Crippen LogP contribution in [-0.4, -0.2) is 10.7 Å². The van der Waals surface area contributed by atoms with E-state index in [4.69, 9.17) is 0 Å². The number of benzene rings is 1. The molecule has 1 aliphatic heterocycles. The maximum atomic E-state index is 11.5. The quantitative estimate of drug-likeness (QED) is 0.870. The van der Waals surface area contributed by atoms with Gasteiger partial charge in [0.2, 0.25) is 0 Å². The van der Waals surface area contributed by atoms with Crippen LogP contribution in [0.15, 0.2) is 40.2 Å². The lowest BCUT2D eigenvalue weighted by atomic mass is 9.87. The van der Waals surface area contributed by atoms with E-state index in [1.807, 2.05) is 30.3 Å². The first-order valence-electron chi connectivity index (χ1n) is 5.60. The summed E-state index contributed by atoms with van der Waals surface area (Å²) in [6.45, 7) is 0. The largest absolute Gasteiger partial charge is 0.307 e. The molecule has 18 heavy (non-hydrogen) atoms. The Labute approximate surface area is 112 Å². The topological polar surface area (TPSA) is 56.6 Å². The average Bonchev–Trinajstić information content (AvgIpc) is 2.78. The highest BCUT2D eigenvalue weighted by Crippen LogP contribution is 2.44. The van der Waals surface area contributed by atoms with Crippen LogP contribution in [0.25, 0.3) is 0 Å². The van der Waals surface area contributed by atoms with E-state index in [-0.39, 0.29) is 16.7 Å². The minimum atomic E-state index is -0.0728. The number of thiazole rings is 1. The minimum Gasteiger partial charge on any atom is -0.307 e. The third-order valence-corrected chi connectivity index (χ3v) is 5.29. The average molecular weight is 274 g/mol. The van der Waals surface area contributed by atoms with Crippen LogP contribution in [0.5, 0.6) is 0 Å². The van der Waals surface area contributed by atoms with Crippen molar-refractivity contribution >= 4 is 23.1 Å². The van der Waals surface area contributed by atoms with Crippen molar-refractivity contribution < 1.29 is 0 Å². The molecule has 0 saturated heterocycles. The Bertz CT molecular complexity index is 654. The van der Waals surface area contributed by atoms with Gasteiger partial charge in [-0.25, -0.2) is 0 Å². The van der Waals surface area contributed by atoms with E-state index in [0.29, 0.717) is 0 Å². The molecule has 3 nitrogen and oxygen atoms in total. The fraction of sp³-hybridized carbons (Fsp3) is 0.231. The summed E-state index contributed by atoms with van der Waals surface area (Å²) in [5, 5.41) is 10.2. The highest BCUT2D eigenvalue weighted by Gasteiger charge is 2.33. The Morgan fingerprint density at radius 2 is 2.11 bits per heavy atom. The van der Waals surface area contributed by atoms with Crippen molar-refractivity contribution in [3.05, 3.63) is 50.4 Å². The molecule has 0 unspecified atom stereocenters. The summed E-state index contributed by atoms with van der Waals surface area (Å²) in [7, 11) is 0. The fourth-order valence-electron chi connectivity index (χ4n) is 2.25. The third-order valence-electron chi connectivity index (χ3n) is 3.06. The molecular formula is C13H10N2OS2. The van der Waals surface area contributed by atoms with Crippen LogP contribution in [0.2, 0.25) is 0 Å². The van der Waals surface area contributed by atoms with Gasteiger partial charge >= 0.3 is 4.87 Å². The zero-order chi connectivity index (χ0) is 12.5. The summed E-state index contributed by atoms with van der Waals surface area (Å²) in [6.07, 6.45) is 0. The molecule has 90 valence electrons. The molecular weight excluding hydrogens is 264 g/mol. The molecule has 1 N–H and O–H groups in total. The zero-order valence-electron chi connectivity index (χ0n) is 9.42. The Morgan fingerprint density at radius 1 is 1.33 bits per heavy atom. The lowest BCUT2D eigenvalue weighted by molar-refractivity contribution is 0.632. The zero-order valence-corrected chi connectivity index (χ0v) is 11.1. The number of H-pyrrole nitrogens is 1. The van der Waals surface area contributed by atoms with Crippen molar-refractivity contribution in [2.45, 2.75) is 10.9 Å². The number of nitriles is 1. The number of nitrogens with one attached hydrogen (secondary N) is 1. The number of nitrogens with zero attached hydrogens (tertiary/aromatic N) is 1. The van der Waals surface area contributed by atoms with E-state index in [1.54, 1.807) is 11.8 Å². The van der Waals surface area contributed by atoms with Crippen molar-refractivity contribution in [2.75, 3.05) is 5.75 Å². The summed E-state index contributed by atoms with van der Waals surface area (Å²) in [5.74, 6) is 0.683. The second-order valence-corrected chi connectivity index (χ2v) is 6.19. The second kappa shape index (κ2) is 4.63. The molecule has 0 amide bonds. The first-order valence-corrected chi connectivity index (χ1v) is 7.40. The summed E-state index contributed by atoms with van der Waals surface area (Å²) in [6, 6.07) is 12.3. The SMILES string of the molecule is N#C[C@@H]1CSc2[nH]c(=O)sc2[C@@H]1c1ccccc1.